The molecule has 0 spiro atoms. The van der Waals surface area contributed by atoms with E-state index in [1.165, 1.54) is 19.1 Å². The van der Waals surface area contributed by atoms with Crippen LogP contribution in [0.3, 0.4) is 0 Å². The molecule has 23 heavy (non-hydrogen) atoms. The second-order valence-corrected chi connectivity index (χ2v) is 5.78. The lowest BCUT2D eigenvalue weighted by Crippen LogP contribution is -2.41. The predicted octanol–water partition coefficient (Wildman–Crippen LogP) is 3.39. The lowest BCUT2D eigenvalue weighted by atomic mass is 10.0. The van der Waals surface area contributed by atoms with Crippen molar-refractivity contribution in [2.24, 2.45) is 11.7 Å². The molecular weight excluding hydrogens is 311 g/mol. The summed E-state index contributed by atoms with van der Waals surface area (Å²) in [5.41, 5.74) is 4.65. The molecule has 0 saturated carbocycles. The zero-order valence-electron chi connectivity index (χ0n) is 13.6. The van der Waals surface area contributed by atoms with Crippen LogP contribution in [0.2, 0.25) is 0 Å². The molecule has 0 bridgehead atoms. The minimum absolute atomic E-state index is 0.0715. The fraction of sp³-hybridized carbons (Fsp3) is 0.562. The van der Waals surface area contributed by atoms with Gasteiger partial charge in [-0.25, -0.2) is 0 Å². The van der Waals surface area contributed by atoms with Crippen molar-refractivity contribution in [2.75, 3.05) is 0 Å². The van der Waals surface area contributed by atoms with Crippen molar-refractivity contribution in [2.45, 2.75) is 52.1 Å². The van der Waals surface area contributed by atoms with Gasteiger partial charge in [-0.05, 0) is 38.0 Å². The van der Waals surface area contributed by atoms with Crippen LogP contribution in [0.5, 0.6) is 5.75 Å². The first-order valence-electron chi connectivity index (χ1n) is 7.32. The van der Waals surface area contributed by atoms with Gasteiger partial charge in [0, 0.05) is 0 Å². The molecule has 0 aromatic heterocycles. The molecule has 0 aliphatic rings. The highest BCUT2D eigenvalue weighted by Gasteiger charge is 2.32. The molecule has 1 rings (SSSR count). The van der Waals surface area contributed by atoms with Crippen LogP contribution < -0.4 is 10.5 Å². The third-order valence-corrected chi connectivity index (χ3v) is 3.23. The first-order chi connectivity index (χ1) is 10.5. The molecule has 0 aliphatic heterocycles. The number of hydrogen-bond acceptors (Lipinski definition) is 4. The maximum Gasteiger partial charge on any atom is 0.416 e. The van der Waals surface area contributed by atoms with Gasteiger partial charge in [0.2, 0.25) is 0 Å². The van der Waals surface area contributed by atoms with Crippen molar-refractivity contribution in [1.82, 2.24) is 0 Å². The smallest absolute Gasteiger partial charge is 0.416 e. The SMILES string of the molecule is CC(C)[C@H](Oc1cccc(C(F)(F)F)c1)[C@H](C)OC(=O)[C@H](C)N. The minimum atomic E-state index is -4.44. The minimum Gasteiger partial charge on any atom is -0.486 e. The number of esters is 1. The Labute approximate surface area is 133 Å². The van der Waals surface area contributed by atoms with Gasteiger partial charge in [0.15, 0.2) is 0 Å². The standard InChI is InChI=1S/C16H22F3NO3/c1-9(2)14(11(4)22-15(21)10(3)20)23-13-7-5-6-12(8-13)16(17,18)19/h5-11,14H,20H2,1-4H3/t10-,11-,14-/m0/s1. The van der Waals surface area contributed by atoms with Gasteiger partial charge in [-0.3, -0.25) is 4.79 Å². The summed E-state index contributed by atoms with van der Waals surface area (Å²) < 4.78 is 49.1. The third kappa shape index (κ3) is 5.74. The van der Waals surface area contributed by atoms with Gasteiger partial charge >= 0.3 is 12.1 Å². The third-order valence-electron chi connectivity index (χ3n) is 3.23. The van der Waals surface area contributed by atoms with Gasteiger partial charge in [0.1, 0.15) is 24.0 Å². The fourth-order valence-electron chi connectivity index (χ4n) is 2.03. The summed E-state index contributed by atoms with van der Waals surface area (Å²) in [6, 6.07) is 3.82. The fourth-order valence-corrected chi connectivity index (χ4v) is 2.03. The Bertz CT molecular complexity index is 530. The highest BCUT2D eigenvalue weighted by atomic mass is 19.4. The quantitative estimate of drug-likeness (QED) is 0.811. The first-order valence-corrected chi connectivity index (χ1v) is 7.32. The zero-order valence-corrected chi connectivity index (χ0v) is 13.6. The van der Waals surface area contributed by atoms with Gasteiger partial charge in [-0.2, -0.15) is 13.2 Å². The van der Waals surface area contributed by atoms with E-state index < -0.39 is 36.0 Å². The van der Waals surface area contributed by atoms with Crippen molar-refractivity contribution in [3.05, 3.63) is 29.8 Å². The van der Waals surface area contributed by atoms with Crippen molar-refractivity contribution in [3.8, 4) is 5.75 Å². The van der Waals surface area contributed by atoms with E-state index in [4.69, 9.17) is 15.2 Å². The Morgan fingerprint density at radius 1 is 1.17 bits per heavy atom. The molecule has 0 fully saturated rings. The molecule has 0 unspecified atom stereocenters. The van der Waals surface area contributed by atoms with E-state index in [0.717, 1.165) is 12.1 Å². The van der Waals surface area contributed by atoms with E-state index in [2.05, 4.69) is 0 Å². The molecule has 0 heterocycles. The molecule has 0 amide bonds. The van der Waals surface area contributed by atoms with Crippen LogP contribution in [0.15, 0.2) is 24.3 Å². The summed E-state index contributed by atoms with van der Waals surface area (Å²) in [5.74, 6) is -0.599. The number of nitrogens with two attached hydrogens (primary N) is 1. The van der Waals surface area contributed by atoms with Crippen LogP contribution in [0.1, 0.15) is 33.3 Å². The van der Waals surface area contributed by atoms with E-state index >= 15 is 0 Å². The van der Waals surface area contributed by atoms with Crippen molar-refractivity contribution < 1.29 is 27.4 Å². The van der Waals surface area contributed by atoms with Crippen LogP contribution >= 0.6 is 0 Å². The number of rotatable bonds is 6. The summed E-state index contributed by atoms with van der Waals surface area (Å²) in [7, 11) is 0. The summed E-state index contributed by atoms with van der Waals surface area (Å²) in [6.45, 7) is 6.77. The summed E-state index contributed by atoms with van der Waals surface area (Å²) in [5, 5.41) is 0. The monoisotopic (exact) mass is 333 g/mol. The van der Waals surface area contributed by atoms with E-state index in [1.54, 1.807) is 6.92 Å². The molecule has 1 aromatic rings. The number of ether oxygens (including phenoxy) is 2. The van der Waals surface area contributed by atoms with E-state index in [0.29, 0.717) is 0 Å². The average molecular weight is 333 g/mol. The lowest BCUT2D eigenvalue weighted by molar-refractivity contribution is -0.155. The van der Waals surface area contributed by atoms with Crippen LogP contribution in [-0.4, -0.2) is 24.2 Å². The van der Waals surface area contributed by atoms with Gasteiger partial charge in [-0.15, -0.1) is 0 Å². The van der Waals surface area contributed by atoms with Crippen LogP contribution in [0, 0.1) is 5.92 Å². The van der Waals surface area contributed by atoms with Crippen LogP contribution in [0.25, 0.3) is 0 Å². The van der Waals surface area contributed by atoms with E-state index in [-0.39, 0.29) is 11.7 Å². The molecule has 7 heteroatoms. The summed E-state index contributed by atoms with van der Waals surface area (Å²) in [6.07, 6.45) is -5.69. The molecule has 2 N–H and O–H groups in total. The molecule has 3 atom stereocenters. The maximum absolute atomic E-state index is 12.7. The molecule has 1 aromatic carbocycles. The van der Waals surface area contributed by atoms with E-state index in [9.17, 15) is 18.0 Å². The van der Waals surface area contributed by atoms with Crippen molar-refractivity contribution >= 4 is 5.97 Å². The maximum atomic E-state index is 12.7. The Balaban J connectivity index is 2.90. The molecule has 130 valence electrons. The number of halogens is 3. The van der Waals surface area contributed by atoms with Gasteiger partial charge < -0.3 is 15.2 Å². The van der Waals surface area contributed by atoms with Crippen molar-refractivity contribution in [3.63, 3.8) is 0 Å². The highest BCUT2D eigenvalue weighted by Crippen LogP contribution is 2.32. The normalized spacial score (nSPS) is 15.9. The second-order valence-electron chi connectivity index (χ2n) is 5.78. The molecule has 0 aliphatic carbocycles. The number of benzene rings is 1. The average Bonchev–Trinajstić information content (AvgIpc) is 2.43. The Morgan fingerprint density at radius 2 is 1.78 bits per heavy atom. The lowest BCUT2D eigenvalue weighted by Gasteiger charge is -2.28. The summed E-state index contributed by atoms with van der Waals surface area (Å²) in [4.78, 5) is 11.6. The van der Waals surface area contributed by atoms with Crippen LogP contribution in [-0.2, 0) is 15.7 Å². The largest absolute Gasteiger partial charge is 0.486 e. The number of hydrogen-bond donors (Lipinski definition) is 1. The number of carbonyl (C=O) groups is 1. The predicted molar refractivity (Wildman–Crippen MR) is 79.9 cm³/mol. The van der Waals surface area contributed by atoms with Gasteiger partial charge in [0.05, 0.1) is 5.56 Å². The number of alkyl halides is 3. The molecular formula is C16H22F3NO3. The highest BCUT2D eigenvalue weighted by molar-refractivity contribution is 5.75. The van der Waals surface area contributed by atoms with Gasteiger partial charge in [0.25, 0.3) is 0 Å². The topological polar surface area (TPSA) is 61.5 Å². The first kappa shape index (κ1) is 19.3. The van der Waals surface area contributed by atoms with Crippen molar-refractivity contribution in [1.29, 1.82) is 0 Å². The Hall–Kier alpha value is -1.76. The molecule has 4 nitrogen and oxygen atoms in total. The van der Waals surface area contributed by atoms with E-state index in [1.807, 2.05) is 13.8 Å². The molecule has 0 radical (unpaired) electrons. The molecule has 0 saturated heterocycles. The summed E-state index contributed by atoms with van der Waals surface area (Å²) >= 11 is 0. The number of carbonyl (C=O) groups excluding carboxylic acids is 1. The van der Waals surface area contributed by atoms with Crippen LogP contribution in [0.4, 0.5) is 13.2 Å². The second kappa shape index (κ2) is 7.68. The Kier molecular flexibility index (Phi) is 6.44. The van der Waals surface area contributed by atoms with Gasteiger partial charge in [-0.1, -0.05) is 19.9 Å². The Morgan fingerprint density at radius 3 is 2.26 bits per heavy atom. The zero-order chi connectivity index (χ0) is 17.8.